The van der Waals surface area contributed by atoms with E-state index in [9.17, 15) is 4.79 Å². The Morgan fingerprint density at radius 2 is 1.70 bits per heavy atom. The first-order chi connectivity index (χ1) is 14.8. The maximum Gasteiger partial charge on any atom is 0.266 e. The topological polar surface area (TPSA) is 65.7 Å². The summed E-state index contributed by atoms with van der Waals surface area (Å²) in [7, 11) is 0. The molecular weight excluding hydrogens is 378 g/mol. The van der Waals surface area contributed by atoms with Crippen molar-refractivity contribution < 1.29 is 9.32 Å². The van der Waals surface area contributed by atoms with Crippen molar-refractivity contribution in [1.82, 2.24) is 15.0 Å². The fourth-order valence-electron chi connectivity index (χ4n) is 4.22. The molecule has 2 aliphatic heterocycles. The summed E-state index contributed by atoms with van der Waals surface area (Å²) >= 11 is 0. The van der Waals surface area contributed by atoms with E-state index in [1.807, 2.05) is 47.4 Å². The highest BCUT2D eigenvalue weighted by Crippen LogP contribution is 2.27. The number of fused-ring (bicyclic) bond motifs is 1. The molecule has 0 unspecified atom stereocenters. The van der Waals surface area contributed by atoms with Crippen molar-refractivity contribution in [1.29, 1.82) is 0 Å². The lowest BCUT2D eigenvalue weighted by molar-refractivity contribution is -0.119. The summed E-state index contributed by atoms with van der Waals surface area (Å²) in [5, 5.41) is 4.15. The molecule has 0 atom stereocenters. The Hall–Kier alpha value is -3.19. The molecule has 0 saturated carbocycles. The van der Waals surface area contributed by atoms with Gasteiger partial charge in [0.05, 0.1) is 6.54 Å². The second-order valence-electron chi connectivity index (χ2n) is 7.81. The number of rotatable bonds is 4. The molecule has 154 valence electrons. The Morgan fingerprint density at radius 3 is 2.53 bits per heavy atom. The van der Waals surface area contributed by atoms with Crippen molar-refractivity contribution in [2.24, 2.45) is 0 Å². The number of amides is 1. The van der Waals surface area contributed by atoms with Crippen LogP contribution in [0, 0.1) is 0 Å². The minimum absolute atomic E-state index is 0.182. The Bertz CT molecular complexity index is 1010. The van der Waals surface area contributed by atoms with E-state index in [4.69, 9.17) is 4.52 Å². The average molecular weight is 403 g/mol. The molecule has 5 rings (SSSR count). The molecule has 0 spiro atoms. The summed E-state index contributed by atoms with van der Waals surface area (Å²) in [6.07, 6.45) is 2.08. The Balaban J connectivity index is 1.18. The molecule has 7 heteroatoms. The van der Waals surface area contributed by atoms with Gasteiger partial charge in [-0.1, -0.05) is 36.4 Å². The largest absolute Gasteiger partial charge is 0.336 e. The highest BCUT2D eigenvalue weighted by molar-refractivity contribution is 5.96. The van der Waals surface area contributed by atoms with Crippen molar-refractivity contribution in [3.05, 3.63) is 60.2 Å². The van der Waals surface area contributed by atoms with E-state index < -0.39 is 0 Å². The summed E-state index contributed by atoms with van der Waals surface area (Å²) in [5.41, 5.74) is 3.27. The molecule has 0 aliphatic carbocycles. The van der Waals surface area contributed by atoms with Crippen LogP contribution in [0.15, 0.2) is 59.1 Å². The van der Waals surface area contributed by atoms with Crippen LogP contribution in [0.4, 0.5) is 11.6 Å². The number of para-hydroxylation sites is 1. The molecule has 30 heavy (non-hydrogen) atoms. The first-order valence-electron chi connectivity index (χ1n) is 10.5. The Kier molecular flexibility index (Phi) is 5.19. The van der Waals surface area contributed by atoms with Gasteiger partial charge in [-0.05, 0) is 41.8 Å². The molecule has 0 radical (unpaired) electrons. The highest BCUT2D eigenvalue weighted by atomic mass is 16.5. The van der Waals surface area contributed by atoms with Crippen LogP contribution in [0.25, 0.3) is 11.5 Å². The molecule has 1 saturated heterocycles. The maximum absolute atomic E-state index is 13.0. The number of piperazine rings is 1. The highest BCUT2D eigenvalue weighted by Gasteiger charge is 2.26. The van der Waals surface area contributed by atoms with Crippen LogP contribution >= 0.6 is 0 Å². The first kappa shape index (κ1) is 18.8. The van der Waals surface area contributed by atoms with Gasteiger partial charge in [-0.2, -0.15) is 4.98 Å². The lowest BCUT2D eigenvalue weighted by Gasteiger charge is -2.35. The van der Waals surface area contributed by atoms with Crippen LogP contribution in [0.3, 0.4) is 0 Å². The molecule has 7 nitrogen and oxygen atoms in total. The fraction of sp³-hybridized carbons (Fsp3) is 0.348. The molecule has 2 aliphatic rings. The van der Waals surface area contributed by atoms with E-state index >= 15 is 0 Å². The molecule has 2 aromatic carbocycles. The maximum atomic E-state index is 13.0. The zero-order valence-electron chi connectivity index (χ0n) is 16.9. The molecule has 3 aromatic rings. The van der Waals surface area contributed by atoms with Crippen molar-refractivity contribution in [2.75, 3.05) is 49.1 Å². The number of carbonyl (C=O) groups is 1. The number of nitrogens with zero attached hydrogens (tertiary/aromatic N) is 5. The van der Waals surface area contributed by atoms with Crippen LogP contribution in [-0.4, -0.2) is 60.2 Å². The predicted molar refractivity (Wildman–Crippen MR) is 116 cm³/mol. The van der Waals surface area contributed by atoms with Gasteiger partial charge in [0.15, 0.2) is 0 Å². The van der Waals surface area contributed by atoms with Crippen LogP contribution < -0.4 is 9.80 Å². The van der Waals surface area contributed by atoms with Gasteiger partial charge >= 0.3 is 0 Å². The van der Waals surface area contributed by atoms with Crippen LogP contribution in [0.5, 0.6) is 0 Å². The predicted octanol–water partition coefficient (Wildman–Crippen LogP) is 2.84. The average Bonchev–Trinajstić information content (AvgIpc) is 3.30. The summed E-state index contributed by atoms with van der Waals surface area (Å²) in [4.78, 5) is 23.8. The lowest BCUT2D eigenvalue weighted by atomic mass is 10.0. The van der Waals surface area contributed by atoms with Crippen molar-refractivity contribution in [2.45, 2.75) is 12.8 Å². The molecule has 1 fully saturated rings. The van der Waals surface area contributed by atoms with E-state index in [1.54, 1.807) is 0 Å². The van der Waals surface area contributed by atoms with Gasteiger partial charge in [0.2, 0.25) is 5.91 Å². The van der Waals surface area contributed by atoms with Gasteiger partial charge < -0.3 is 14.3 Å². The van der Waals surface area contributed by atoms with E-state index in [1.165, 1.54) is 5.56 Å². The Labute approximate surface area is 175 Å². The smallest absolute Gasteiger partial charge is 0.266 e. The monoisotopic (exact) mass is 403 g/mol. The normalized spacial score (nSPS) is 17.1. The molecular formula is C23H25N5O2. The van der Waals surface area contributed by atoms with Crippen molar-refractivity contribution >= 4 is 17.5 Å². The SMILES string of the molecule is O=C(CN1CCN(c2noc(-c3ccccc3)n2)CC1)N1CCCc2ccccc21. The summed E-state index contributed by atoms with van der Waals surface area (Å²) in [6.45, 7) is 4.41. The summed E-state index contributed by atoms with van der Waals surface area (Å²) < 4.78 is 5.43. The number of aromatic nitrogens is 2. The zero-order valence-corrected chi connectivity index (χ0v) is 16.9. The van der Waals surface area contributed by atoms with Gasteiger partial charge in [0, 0.05) is 44.0 Å². The molecule has 1 aromatic heterocycles. The number of hydrogen-bond donors (Lipinski definition) is 0. The Morgan fingerprint density at radius 1 is 0.933 bits per heavy atom. The summed E-state index contributed by atoms with van der Waals surface area (Å²) in [6, 6.07) is 18.0. The fourth-order valence-corrected chi connectivity index (χ4v) is 4.22. The van der Waals surface area contributed by atoms with Gasteiger partial charge in [0.25, 0.3) is 11.8 Å². The van der Waals surface area contributed by atoms with Crippen LogP contribution in [0.1, 0.15) is 12.0 Å². The third-order valence-electron chi connectivity index (χ3n) is 5.86. The second-order valence-corrected chi connectivity index (χ2v) is 7.81. The number of aryl methyl sites for hydroxylation is 1. The molecule has 3 heterocycles. The van der Waals surface area contributed by atoms with Crippen LogP contribution in [-0.2, 0) is 11.2 Å². The van der Waals surface area contributed by atoms with Crippen LogP contribution in [0.2, 0.25) is 0 Å². The molecule has 0 bridgehead atoms. The van der Waals surface area contributed by atoms with E-state index in [2.05, 4.69) is 32.1 Å². The van der Waals surface area contributed by atoms with Gasteiger partial charge in [-0.3, -0.25) is 9.69 Å². The molecule has 0 N–H and O–H groups in total. The minimum atomic E-state index is 0.182. The standard InChI is InChI=1S/C23H25N5O2/c29-21(28-12-6-10-18-7-4-5-11-20(18)28)17-26-13-15-27(16-14-26)23-24-22(30-25-23)19-8-2-1-3-9-19/h1-5,7-9,11H,6,10,12-17H2. The zero-order chi connectivity index (χ0) is 20.3. The van der Waals surface area contributed by atoms with E-state index in [0.717, 1.165) is 56.8 Å². The van der Waals surface area contributed by atoms with Gasteiger partial charge in [-0.15, -0.1) is 0 Å². The van der Waals surface area contributed by atoms with Gasteiger partial charge in [-0.25, -0.2) is 0 Å². The first-order valence-corrected chi connectivity index (χ1v) is 10.5. The molecule has 1 amide bonds. The van der Waals surface area contributed by atoms with E-state index in [-0.39, 0.29) is 5.91 Å². The van der Waals surface area contributed by atoms with Gasteiger partial charge in [0.1, 0.15) is 0 Å². The number of hydrogen-bond acceptors (Lipinski definition) is 6. The second kappa shape index (κ2) is 8.28. The minimum Gasteiger partial charge on any atom is -0.336 e. The quantitative estimate of drug-likeness (QED) is 0.667. The number of carbonyl (C=O) groups excluding carboxylic acids is 1. The third kappa shape index (κ3) is 3.80. The van der Waals surface area contributed by atoms with Crippen molar-refractivity contribution in [3.8, 4) is 11.5 Å². The number of anilines is 2. The van der Waals surface area contributed by atoms with Crippen molar-refractivity contribution in [3.63, 3.8) is 0 Å². The summed E-state index contributed by atoms with van der Waals surface area (Å²) in [5.74, 6) is 1.33. The van der Waals surface area contributed by atoms with E-state index in [0.29, 0.717) is 18.4 Å². The lowest BCUT2D eigenvalue weighted by Crippen LogP contribution is -2.51. The number of benzene rings is 2. The third-order valence-corrected chi connectivity index (χ3v) is 5.86.